The molecule has 0 bridgehead atoms. The highest BCUT2D eigenvalue weighted by molar-refractivity contribution is 6.30. The summed E-state index contributed by atoms with van der Waals surface area (Å²) < 4.78 is 6.62. The van der Waals surface area contributed by atoms with Crippen molar-refractivity contribution in [3.63, 3.8) is 0 Å². The number of benzene rings is 1. The molecule has 0 aliphatic rings. The highest BCUT2D eigenvalue weighted by Crippen LogP contribution is 2.17. The third-order valence-corrected chi connectivity index (χ3v) is 3.31. The Morgan fingerprint density at radius 3 is 2.55 bits per heavy atom. The Bertz CT molecular complexity index is 807. The maximum atomic E-state index is 12.5. The van der Waals surface area contributed by atoms with E-state index >= 15 is 0 Å². The van der Waals surface area contributed by atoms with E-state index in [4.69, 9.17) is 11.6 Å². The number of carbonyl (C=O) groups excluding carboxylic acids is 2. The zero-order valence-electron chi connectivity index (χ0n) is 12.2. The van der Waals surface area contributed by atoms with Crippen LogP contribution in [0.2, 0.25) is 5.02 Å². The molecule has 1 heterocycles. The summed E-state index contributed by atoms with van der Waals surface area (Å²) >= 11 is 5.94. The molecule has 2 aromatic rings. The summed E-state index contributed by atoms with van der Waals surface area (Å²) in [4.78, 5) is 35.8. The summed E-state index contributed by atoms with van der Waals surface area (Å²) in [7, 11) is 1.16. The van der Waals surface area contributed by atoms with Crippen LogP contribution in [0.3, 0.4) is 0 Å². The van der Waals surface area contributed by atoms with Gasteiger partial charge in [-0.15, -0.1) is 0 Å². The number of carbonyl (C=O) groups is 2. The van der Waals surface area contributed by atoms with E-state index in [1.165, 1.54) is 11.5 Å². The molecule has 0 fully saturated rings. The van der Waals surface area contributed by atoms with Crippen LogP contribution >= 0.6 is 11.6 Å². The molecule has 2 rings (SSSR count). The van der Waals surface area contributed by atoms with Gasteiger partial charge < -0.3 is 4.74 Å². The Morgan fingerprint density at radius 2 is 2.00 bits per heavy atom. The molecule has 0 radical (unpaired) electrons. The summed E-state index contributed by atoms with van der Waals surface area (Å²) in [6.45, 7) is 2.91. The summed E-state index contributed by atoms with van der Waals surface area (Å²) in [5, 5.41) is 0.446. The molecule has 0 spiro atoms. The maximum absolute atomic E-state index is 12.5. The molecular weight excluding hydrogens is 310 g/mol. The van der Waals surface area contributed by atoms with Crippen LogP contribution in [0.15, 0.2) is 29.1 Å². The van der Waals surface area contributed by atoms with E-state index in [-0.39, 0.29) is 11.5 Å². The standard InChI is InChI=1S/C14H14ClN3O4/c1-8-12(9(2)19)18(16-13(20)22-3)14(21)17(8)11-6-4-5-10(15)7-11/h4-7H,1-3H3,(H,16,20). The van der Waals surface area contributed by atoms with E-state index in [1.54, 1.807) is 31.2 Å². The molecule has 0 unspecified atom stereocenters. The summed E-state index contributed by atoms with van der Waals surface area (Å²) in [6.07, 6.45) is -0.854. The molecular formula is C14H14ClN3O4. The number of ether oxygens (including phenoxy) is 1. The molecule has 1 amide bonds. The van der Waals surface area contributed by atoms with Crippen LogP contribution in [0.1, 0.15) is 23.1 Å². The molecule has 1 N–H and O–H groups in total. The highest BCUT2D eigenvalue weighted by Gasteiger charge is 2.22. The molecule has 0 saturated carbocycles. The van der Waals surface area contributed by atoms with E-state index in [0.717, 1.165) is 11.8 Å². The molecule has 8 heteroatoms. The predicted molar refractivity (Wildman–Crippen MR) is 81.5 cm³/mol. The first kappa shape index (κ1) is 15.8. The first-order valence-electron chi connectivity index (χ1n) is 6.33. The molecule has 22 heavy (non-hydrogen) atoms. The Hall–Kier alpha value is -2.54. The first-order valence-corrected chi connectivity index (χ1v) is 6.70. The first-order chi connectivity index (χ1) is 10.4. The molecule has 0 aliphatic heterocycles. The van der Waals surface area contributed by atoms with Crippen molar-refractivity contribution in [1.82, 2.24) is 9.24 Å². The Balaban J connectivity index is 2.71. The van der Waals surface area contributed by atoms with E-state index in [1.807, 2.05) is 0 Å². The van der Waals surface area contributed by atoms with E-state index < -0.39 is 11.8 Å². The number of hydrogen-bond donors (Lipinski definition) is 1. The van der Waals surface area contributed by atoms with Gasteiger partial charge in [0.25, 0.3) is 0 Å². The quantitative estimate of drug-likeness (QED) is 0.877. The van der Waals surface area contributed by atoms with Crippen LogP contribution < -0.4 is 11.1 Å². The van der Waals surface area contributed by atoms with Gasteiger partial charge >= 0.3 is 11.8 Å². The number of rotatable bonds is 3. The zero-order chi connectivity index (χ0) is 16.4. The normalized spacial score (nSPS) is 10.4. The fraction of sp³-hybridized carbons (Fsp3) is 0.214. The second kappa shape index (κ2) is 6.07. The molecule has 0 atom stereocenters. The van der Waals surface area contributed by atoms with Crippen molar-refractivity contribution in [2.45, 2.75) is 13.8 Å². The fourth-order valence-electron chi connectivity index (χ4n) is 2.18. The smallest absolute Gasteiger partial charge is 0.426 e. The van der Waals surface area contributed by atoms with Crippen LogP contribution in [0, 0.1) is 6.92 Å². The highest BCUT2D eigenvalue weighted by atomic mass is 35.5. The van der Waals surface area contributed by atoms with E-state index in [9.17, 15) is 14.4 Å². The van der Waals surface area contributed by atoms with Gasteiger partial charge in [-0.1, -0.05) is 17.7 Å². The maximum Gasteiger partial charge on any atom is 0.426 e. The van der Waals surface area contributed by atoms with Crippen molar-refractivity contribution in [3.05, 3.63) is 51.2 Å². The van der Waals surface area contributed by atoms with Gasteiger partial charge in [-0.25, -0.2) is 15.0 Å². The van der Waals surface area contributed by atoms with Gasteiger partial charge in [-0.05, 0) is 25.1 Å². The third-order valence-electron chi connectivity index (χ3n) is 3.07. The number of imidazole rings is 1. The van der Waals surface area contributed by atoms with E-state index in [2.05, 4.69) is 10.2 Å². The van der Waals surface area contributed by atoms with Crippen LogP contribution in [-0.4, -0.2) is 28.2 Å². The molecule has 0 aliphatic carbocycles. The minimum Gasteiger partial charge on any atom is -0.452 e. The van der Waals surface area contributed by atoms with Crippen molar-refractivity contribution in [3.8, 4) is 5.69 Å². The zero-order valence-corrected chi connectivity index (χ0v) is 13.0. The van der Waals surface area contributed by atoms with Crippen molar-refractivity contribution < 1.29 is 14.3 Å². The van der Waals surface area contributed by atoms with Gasteiger partial charge in [0, 0.05) is 11.9 Å². The average Bonchev–Trinajstić information content (AvgIpc) is 2.69. The number of hydrogen-bond acceptors (Lipinski definition) is 4. The largest absolute Gasteiger partial charge is 0.452 e. The van der Waals surface area contributed by atoms with E-state index in [0.29, 0.717) is 16.4 Å². The fourth-order valence-corrected chi connectivity index (χ4v) is 2.36. The number of methoxy groups -OCH3 is 1. The number of amides is 1. The average molecular weight is 324 g/mol. The van der Waals surface area contributed by atoms with Crippen molar-refractivity contribution in [2.24, 2.45) is 0 Å². The predicted octanol–water partition coefficient (Wildman–Crippen LogP) is 2.11. The lowest BCUT2D eigenvalue weighted by Crippen LogP contribution is -2.35. The van der Waals surface area contributed by atoms with Gasteiger partial charge in [0.15, 0.2) is 5.78 Å². The molecule has 0 saturated heterocycles. The lowest BCUT2D eigenvalue weighted by atomic mass is 10.2. The van der Waals surface area contributed by atoms with Gasteiger partial charge in [-0.2, -0.15) is 4.68 Å². The Labute approximate surface area is 131 Å². The molecule has 1 aromatic heterocycles. The lowest BCUT2D eigenvalue weighted by Gasteiger charge is -2.05. The second-order valence-corrected chi connectivity index (χ2v) is 4.96. The summed E-state index contributed by atoms with van der Waals surface area (Å²) in [5.74, 6) is -0.369. The number of aromatic nitrogens is 2. The number of nitrogens with one attached hydrogen (secondary N) is 1. The summed E-state index contributed by atoms with van der Waals surface area (Å²) in [6, 6.07) is 6.61. The van der Waals surface area contributed by atoms with Crippen LogP contribution in [0.5, 0.6) is 0 Å². The Morgan fingerprint density at radius 1 is 1.32 bits per heavy atom. The second-order valence-electron chi connectivity index (χ2n) is 4.53. The van der Waals surface area contributed by atoms with Crippen LogP contribution in [0.4, 0.5) is 4.79 Å². The number of nitrogens with zero attached hydrogens (tertiary/aromatic N) is 2. The Kier molecular flexibility index (Phi) is 4.37. The van der Waals surface area contributed by atoms with Gasteiger partial charge in [-0.3, -0.25) is 9.36 Å². The van der Waals surface area contributed by atoms with Crippen molar-refractivity contribution in [1.29, 1.82) is 0 Å². The SMILES string of the molecule is COC(=O)Nn1c(C(C)=O)c(C)n(-c2cccc(Cl)c2)c1=O. The minimum absolute atomic E-state index is 0.0652. The molecule has 1 aromatic carbocycles. The van der Waals surface area contributed by atoms with Gasteiger partial charge in [0.2, 0.25) is 0 Å². The van der Waals surface area contributed by atoms with Crippen molar-refractivity contribution in [2.75, 3.05) is 12.5 Å². The number of Topliss-reactive ketones (excluding diaryl/α,β-unsaturated/α-hetero) is 1. The lowest BCUT2D eigenvalue weighted by molar-refractivity contribution is 0.100. The summed E-state index contributed by atoms with van der Waals surface area (Å²) in [5.41, 5.74) is 2.56. The van der Waals surface area contributed by atoms with Crippen molar-refractivity contribution >= 4 is 23.5 Å². The van der Waals surface area contributed by atoms with Crippen LogP contribution in [0.25, 0.3) is 5.69 Å². The number of ketones is 1. The monoisotopic (exact) mass is 323 g/mol. The molecule has 116 valence electrons. The minimum atomic E-state index is -0.854. The van der Waals surface area contributed by atoms with Gasteiger partial charge in [0.1, 0.15) is 5.69 Å². The van der Waals surface area contributed by atoms with Gasteiger partial charge in [0.05, 0.1) is 18.5 Å². The third kappa shape index (κ3) is 2.75. The van der Waals surface area contributed by atoms with Crippen LogP contribution in [-0.2, 0) is 4.74 Å². The topological polar surface area (TPSA) is 82.3 Å². The number of halogens is 1. The molecule has 7 nitrogen and oxygen atoms in total.